The fourth-order valence-electron chi connectivity index (χ4n) is 4.44. The summed E-state index contributed by atoms with van der Waals surface area (Å²) in [5.74, 6) is -1.53. The third-order valence-electron chi connectivity index (χ3n) is 6.29. The number of carbonyl (C=O) groups is 2. The van der Waals surface area contributed by atoms with E-state index >= 15 is 0 Å². The van der Waals surface area contributed by atoms with E-state index < -0.39 is 23.3 Å². The summed E-state index contributed by atoms with van der Waals surface area (Å²) < 4.78 is 28.2. The van der Waals surface area contributed by atoms with Crippen LogP contribution in [0.4, 0.5) is 19.3 Å². The first-order valence-corrected chi connectivity index (χ1v) is 11.2. The zero-order valence-corrected chi connectivity index (χ0v) is 19.0. The lowest BCUT2D eigenvalue weighted by molar-refractivity contribution is 0.0936. The molecule has 176 valence electrons. The number of carbonyl (C=O) groups excluding carboxylic acids is 1. The number of amides is 2. The molecule has 1 saturated carbocycles. The standard InChI is InChI=1S/C23H25ClF2N4O3/c1-12(13-3-4-13)28-21(31)17-10-27-20(24)18(14-7-15(25)9-16(26)8-14)19(17)30-6-5-23(2,11-30)29-22(32)33/h7-10,12-13,29H,3-6,11H2,1-2H3,(H,28,31)(H,32,33)/t12-,23-/m0/s1. The maximum atomic E-state index is 14.1. The van der Waals surface area contributed by atoms with Crippen molar-refractivity contribution >= 4 is 29.3 Å². The molecule has 0 unspecified atom stereocenters. The molecule has 1 aliphatic heterocycles. The highest BCUT2D eigenvalue weighted by molar-refractivity contribution is 6.33. The lowest BCUT2D eigenvalue weighted by Crippen LogP contribution is -2.47. The van der Waals surface area contributed by atoms with E-state index in [4.69, 9.17) is 11.6 Å². The van der Waals surface area contributed by atoms with E-state index in [9.17, 15) is 23.5 Å². The highest BCUT2D eigenvalue weighted by Gasteiger charge is 2.39. The predicted octanol–water partition coefficient (Wildman–Crippen LogP) is 4.44. The van der Waals surface area contributed by atoms with Crippen LogP contribution in [-0.2, 0) is 0 Å². The second kappa shape index (κ2) is 8.78. The molecule has 0 spiro atoms. The molecule has 1 aromatic heterocycles. The van der Waals surface area contributed by atoms with Gasteiger partial charge in [0.15, 0.2) is 0 Å². The van der Waals surface area contributed by atoms with Crippen molar-refractivity contribution in [1.29, 1.82) is 0 Å². The number of benzene rings is 1. The SMILES string of the molecule is C[C@H](NC(=O)c1cnc(Cl)c(-c2cc(F)cc(F)c2)c1N1CC[C@](C)(NC(=O)O)C1)C1CC1. The first-order chi connectivity index (χ1) is 15.6. The first-order valence-electron chi connectivity index (χ1n) is 10.8. The van der Waals surface area contributed by atoms with E-state index in [0.717, 1.165) is 31.0 Å². The summed E-state index contributed by atoms with van der Waals surface area (Å²) in [5, 5.41) is 14.7. The van der Waals surface area contributed by atoms with Gasteiger partial charge in [0.2, 0.25) is 0 Å². The van der Waals surface area contributed by atoms with Crippen LogP contribution in [0.25, 0.3) is 11.1 Å². The Labute approximate surface area is 195 Å². The highest BCUT2D eigenvalue weighted by Crippen LogP contribution is 2.42. The van der Waals surface area contributed by atoms with Crippen LogP contribution >= 0.6 is 11.6 Å². The number of nitrogens with zero attached hydrogens (tertiary/aromatic N) is 2. The monoisotopic (exact) mass is 478 g/mol. The van der Waals surface area contributed by atoms with Gasteiger partial charge >= 0.3 is 6.09 Å². The fourth-order valence-corrected chi connectivity index (χ4v) is 4.69. The number of hydrogen-bond donors (Lipinski definition) is 3. The van der Waals surface area contributed by atoms with Gasteiger partial charge in [0, 0.05) is 37.0 Å². The van der Waals surface area contributed by atoms with E-state index in [1.807, 2.05) is 11.8 Å². The lowest BCUT2D eigenvalue weighted by Gasteiger charge is -2.29. The zero-order chi connectivity index (χ0) is 23.9. The molecule has 2 atom stereocenters. The van der Waals surface area contributed by atoms with Crippen LogP contribution in [0, 0.1) is 17.6 Å². The Morgan fingerprint density at radius 1 is 1.27 bits per heavy atom. The molecular weight excluding hydrogens is 454 g/mol. The number of carboxylic acid groups (broad SMARTS) is 1. The minimum absolute atomic E-state index is 0.0124. The highest BCUT2D eigenvalue weighted by atomic mass is 35.5. The summed E-state index contributed by atoms with van der Waals surface area (Å²) in [7, 11) is 0. The molecule has 2 amide bonds. The Morgan fingerprint density at radius 2 is 1.94 bits per heavy atom. The van der Waals surface area contributed by atoms with Crippen LogP contribution in [0.3, 0.4) is 0 Å². The van der Waals surface area contributed by atoms with Crippen molar-refractivity contribution in [3.8, 4) is 11.1 Å². The third kappa shape index (κ3) is 5.03. The van der Waals surface area contributed by atoms with E-state index in [-0.39, 0.29) is 40.3 Å². The minimum Gasteiger partial charge on any atom is -0.465 e. The molecule has 0 bridgehead atoms. The summed E-state index contributed by atoms with van der Waals surface area (Å²) in [6.45, 7) is 4.34. The number of aromatic nitrogens is 1. The minimum atomic E-state index is -1.16. The van der Waals surface area contributed by atoms with Crippen LogP contribution in [0.2, 0.25) is 5.15 Å². The zero-order valence-electron chi connectivity index (χ0n) is 18.3. The topological polar surface area (TPSA) is 94.6 Å². The molecule has 2 fully saturated rings. The van der Waals surface area contributed by atoms with Crippen LogP contribution in [0.15, 0.2) is 24.4 Å². The Balaban J connectivity index is 1.82. The van der Waals surface area contributed by atoms with Gasteiger partial charge in [0.1, 0.15) is 16.8 Å². The Bertz CT molecular complexity index is 1090. The summed E-state index contributed by atoms with van der Waals surface area (Å²) in [5.41, 5.74) is 0.176. The van der Waals surface area contributed by atoms with Gasteiger partial charge in [-0.15, -0.1) is 0 Å². The largest absolute Gasteiger partial charge is 0.465 e. The second-order valence-electron chi connectivity index (χ2n) is 9.11. The normalized spacial score (nSPS) is 21.1. The predicted molar refractivity (Wildman–Crippen MR) is 121 cm³/mol. The average molecular weight is 479 g/mol. The summed E-state index contributed by atoms with van der Waals surface area (Å²) in [6.07, 6.45) is 2.76. The number of hydrogen-bond acceptors (Lipinski definition) is 4. The first kappa shape index (κ1) is 23.2. The Kier molecular flexibility index (Phi) is 6.18. The quantitative estimate of drug-likeness (QED) is 0.533. The van der Waals surface area contributed by atoms with Crippen LogP contribution < -0.4 is 15.5 Å². The smallest absolute Gasteiger partial charge is 0.405 e. The average Bonchev–Trinajstić information content (AvgIpc) is 3.49. The van der Waals surface area contributed by atoms with Gasteiger partial charge in [0.25, 0.3) is 5.91 Å². The number of rotatable bonds is 6. The molecule has 10 heteroatoms. The van der Waals surface area contributed by atoms with Crippen molar-refractivity contribution < 1.29 is 23.5 Å². The van der Waals surface area contributed by atoms with E-state index in [0.29, 0.717) is 24.6 Å². The molecule has 3 N–H and O–H groups in total. The van der Waals surface area contributed by atoms with Gasteiger partial charge < -0.3 is 20.6 Å². The summed E-state index contributed by atoms with van der Waals surface area (Å²) >= 11 is 6.42. The maximum absolute atomic E-state index is 14.1. The number of anilines is 1. The van der Waals surface area contributed by atoms with E-state index in [1.54, 1.807) is 6.92 Å². The van der Waals surface area contributed by atoms with Gasteiger partial charge in [-0.1, -0.05) is 11.6 Å². The molecule has 4 rings (SSSR count). The molecule has 2 aliphatic rings. The molecular formula is C23H25ClF2N4O3. The molecule has 1 aromatic carbocycles. The Hall–Kier alpha value is -2.94. The number of halogens is 3. The lowest BCUT2D eigenvalue weighted by atomic mass is 10.00. The molecule has 2 aromatic rings. The number of pyridine rings is 1. The van der Waals surface area contributed by atoms with Crippen LogP contribution in [-0.4, -0.2) is 46.8 Å². The van der Waals surface area contributed by atoms with Gasteiger partial charge in [-0.25, -0.2) is 18.6 Å². The van der Waals surface area contributed by atoms with Crippen molar-refractivity contribution in [2.24, 2.45) is 5.92 Å². The van der Waals surface area contributed by atoms with Crippen molar-refractivity contribution in [3.05, 3.63) is 46.7 Å². The molecule has 0 radical (unpaired) electrons. The molecule has 33 heavy (non-hydrogen) atoms. The van der Waals surface area contributed by atoms with Crippen LogP contribution in [0.1, 0.15) is 43.5 Å². The summed E-state index contributed by atoms with van der Waals surface area (Å²) in [4.78, 5) is 30.5. The van der Waals surface area contributed by atoms with Crippen molar-refractivity contribution in [2.75, 3.05) is 18.0 Å². The van der Waals surface area contributed by atoms with Crippen LogP contribution in [0.5, 0.6) is 0 Å². The number of nitrogens with one attached hydrogen (secondary N) is 2. The van der Waals surface area contributed by atoms with Crippen molar-refractivity contribution in [3.63, 3.8) is 0 Å². The van der Waals surface area contributed by atoms with Gasteiger partial charge in [-0.3, -0.25) is 4.79 Å². The van der Waals surface area contributed by atoms with E-state index in [1.165, 1.54) is 6.20 Å². The second-order valence-corrected chi connectivity index (χ2v) is 9.46. The van der Waals surface area contributed by atoms with Crippen molar-refractivity contribution in [2.45, 2.75) is 44.7 Å². The van der Waals surface area contributed by atoms with Gasteiger partial charge in [-0.05, 0) is 56.7 Å². The van der Waals surface area contributed by atoms with Gasteiger partial charge in [-0.2, -0.15) is 0 Å². The molecule has 1 saturated heterocycles. The third-order valence-corrected chi connectivity index (χ3v) is 6.57. The molecule has 7 nitrogen and oxygen atoms in total. The molecule has 1 aliphatic carbocycles. The Morgan fingerprint density at radius 3 is 2.55 bits per heavy atom. The summed E-state index contributed by atoms with van der Waals surface area (Å²) in [6, 6.07) is 2.99. The maximum Gasteiger partial charge on any atom is 0.405 e. The van der Waals surface area contributed by atoms with E-state index in [2.05, 4.69) is 15.6 Å². The van der Waals surface area contributed by atoms with Gasteiger partial charge in [0.05, 0.1) is 16.8 Å². The fraction of sp³-hybridized carbons (Fsp3) is 0.435. The van der Waals surface area contributed by atoms with Crippen molar-refractivity contribution in [1.82, 2.24) is 15.6 Å². The molecule has 2 heterocycles.